The van der Waals surface area contributed by atoms with Gasteiger partial charge in [-0.3, -0.25) is 14.6 Å². The quantitative estimate of drug-likeness (QED) is 0.329. The van der Waals surface area contributed by atoms with Gasteiger partial charge in [-0.2, -0.15) is 17.7 Å². The molecule has 37 heavy (non-hydrogen) atoms. The van der Waals surface area contributed by atoms with E-state index in [1.54, 1.807) is 16.1 Å². The number of nitrogens with zero attached hydrogens (tertiary/aromatic N) is 4. The van der Waals surface area contributed by atoms with Crippen molar-refractivity contribution in [1.82, 2.24) is 25.5 Å². The number of amides is 4. The first-order valence-corrected chi connectivity index (χ1v) is 13.4. The lowest BCUT2D eigenvalue weighted by Crippen LogP contribution is -2.37. The first-order chi connectivity index (χ1) is 17.9. The minimum absolute atomic E-state index is 0.000333. The van der Waals surface area contributed by atoms with E-state index in [9.17, 15) is 14.4 Å². The number of hydrogen-bond acceptors (Lipinski definition) is 6. The molecule has 0 bridgehead atoms. The Labute approximate surface area is 223 Å². The molecule has 4 amide bonds. The molecule has 0 saturated carbocycles. The molecule has 1 aromatic heterocycles. The lowest BCUT2D eigenvalue weighted by Gasteiger charge is -2.28. The van der Waals surface area contributed by atoms with Crippen LogP contribution in [0.2, 0.25) is 0 Å². The van der Waals surface area contributed by atoms with Gasteiger partial charge >= 0.3 is 6.03 Å². The Balaban J connectivity index is 1.27. The maximum Gasteiger partial charge on any atom is 0.318 e. The lowest BCUT2D eigenvalue weighted by atomic mass is 9.93. The Morgan fingerprint density at radius 2 is 1.86 bits per heavy atom. The van der Waals surface area contributed by atoms with Crippen LogP contribution in [0, 0.1) is 5.92 Å². The largest absolute Gasteiger partial charge is 0.356 e. The third kappa shape index (κ3) is 7.09. The van der Waals surface area contributed by atoms with Crippen LogP contribution in [0.15, 0.2) is 47.8 Å². The molecule has 2 aliphatic heterocycles. The van der Waals surface area contributed by atoms with E-state index in [0.717, 1.165) is 40.8 Å². The number of fused-ring (bicyclic) bond motifs is 1. The summed E-state index contributed by atoms with van der Waals surface area (Å²) in [5.41, 5.74) is 5.09. The number of nitrogens with one attached hydrogen (secondary N) is 2. The van der Waals surface area contributed by atoms with Crippen LogP contribution in [0.1, 0.15) is 54.9 Å². The number of rotatable bonds is 10. The van der Waals surface area contributed by atoms with E-state index in [0.29, 0.717) is 51.3 Å². The average Bonchev–Trinajstić information content (AvgIpc) is 3.33. The highest BCUT2D eigenvalue weighted by Gasteiger charge is 2.27. The van der Waals surface area contributed by atoms with Gasteiger partial charge in [-0.25, -0.2) is 9.80 Å². The minimum atomic E-state index is -0.0963. The van der Waals surface area contributed by atoms with Crippen molar-refractivity contribution in [3.63, 3.8) is 0 Å². The summed E-state index contributed by atoms with van der Waals surface area (Å²) in [6.07, 6.45) is 5.94. The number of aromatic nitrogens is 1. The van der Waals surface area contributed by atoms with Gasteiger partial charge in [0.15, 0.2) is 0 Å². The molecule has 4 rings (SSSR count). The SMILES string of the molecule is CC1CC(=O)N(CCCCNC(=O)CCS)N=C1c1ccc(CNC(=O)N2Cc3ccncc3C2)cc1. The second-order valence-electron chi connectivity index (χ2n) is 9.49. The zero-order valence-electron chi connectivity index (χ0n) is 21.2. The van der Waals surface area contributed by atoms with Gasteiger partial charge in [0, 0.05) is 63.9 Å². The topological polar surface area (TPSA) is 107 Å². The van der Waals surface area contributed by atoms with Crippen molar-refractivity contribution in [2.75, 3.05) is 18.8 Å². The second-order valence-corrected chi connectivity index (χ2v) is 9.94. The average molecular weight is 523 g/mol. The van der Waals surface area contributed by atoms with Gasteiger partial charge in [-0.1, -0.05) is 31.2 Å². The second kappa shape index (κ2) is 12.7. The molecule has 196 valence electrons. The lowest BCUT2D eigenvalue weighted by molar-refractivity contribution is -0.132. The van der Waals surface area contributed by atoms with Gasteiger partial charge in [0.05, 0.1) is 5.71 Å². The van der Waals surface area contributed by atoms with Crippen LogP contribution in [-0.2, 0) is 29.2 Å². The summed E-state index contributed by atoms with van der Waals surface area (Å²) < 4.78 is 0. The van der Waals surface area contributed by atoms with E-state index in [1.165, 1.54) is 0 Å². The molecule has 1 aromatic carbocycles. The molecule has 0 spiro atoms. The van der Waals surface area contributed by atoms with Gasteiger partial charge < -0.3 is 15.5 Å². The smallest absolute Gasteiger partial charge is 0.318 e. The number of pyridine rings is 1. The Morgan fingerprint density at radius 1 is 1.08 bits per heavy atom. The predicted octanol–water partition coefficient (Wildman–Crippen LogP) is 3.10. The summed E-state index contributed by atoms with van der Waals surface area (Å²) in [6, 6.07) is 9.83. The third-order valence-electron chi connectivity index (χ3n) is 6.63. The molecule has 3 heterocycles. The molecule has 1 atom stereocenters. The molecule has 1 unspecified atom stereocenters. The normalized spacial score (nSPS) is 16.9. The highest BCUT2D eigenvalue weighted by molar-refractivity contribution is 7.80. The minimum Gasteiger partial charge on any atom is -0.356 e. The van der Waals surface area contributed by atoms with Crippen molar-refractivity contribution in [2.24, 2.45) is 11.0 Å². The molecular formula is C27H34N6O3S. The molecule has 9 nitrogen and oxygen atoms in total. The van der Waals surface area contributed by atoms with Crippen molar-refractivity contribution in [3.8, 4) is 0 Å². The van der Waals surface area contributed by atoms with Crippen LogP contribution in [0.5, 0.6) is 0 Å². The van der Waals surface area contributed by atoms with Gasteiger partial charge in [0.25, 0.3) is 0 Å². The first kappa shape index (κ1) is 26.7. The summed E-state index contributed by atoms with van der Waals surface area (Å²) in [7, 11) is 0. The van der Waals surface area contributed by atoms with E-state index in [-0.39, 0.29) is 23.8 Å². The fraction of sp³-hybridized carbons (Fsp3) is 0.444. The van der Waals surface area contributed by atoms with E-state index in [2.05, 4.69) is 33.3 Å². The number of urea groups is 1. The number of hydrazone groups is 1. The summed E-state index contributed by atoms with van der Waals surface area (Å²) in [6.45, 7) is 4.73. The Morgan fingerprint density at radius 3 is 2.62 bits per heavy atom. The van der Waals surface area contributed by atoms with Gasteiger partial charge in [0.1, 0.15) is 0 Å². The van der Waals surface area contributed by atoms with Crippen molar-refractivity contribution in [1.29, 1.82) is 0 Å². The van der Waals surface area contributed by atoms with Crippen molar-refractivity contribution in [2.45, 2.75) is 52.2 Å². The highest BCUT2D eigenvalue weighted by atomic mass is 32.1. The standard InChI is InChI=1S/C27H34N6O3S/c1-19-14-25(35)33(12-3-2-10-29-24(34)9-13-37)31-26(19)21-6-4-20(5-7-21)15-30-27(36)32-17-22-8-11-28-16-23(22)18-32/h4-8,11,16,19,37H,2-3,9-10,12-15,17-18H2,1H3,(H,29,34)(H,30,36). The van der Waals surface area contributed by atoms with Crippen molar-refractivity contribution in [3.05, 3.63) is 65.0 Å². The summed E-state index contributed by atoms with van der Waals surface area (Å²) in [5, 5.41) is 12.1. The Kier molecular flexibility index (Phi) is 9.16. The van der Waals surface area contributed by atoms with Crippen LogP contribution >= 0.6 is 12.6 Å². The molecule has 2 aliphatic rings. The van der Waals surface area contributed by atoms with Crippen molar-refractivity contribution < 1.29 is 14.4 Å². The van der Waals surface area contributed by atoms with Crippen LogP contribution in [-0.4, -0.2) is 57.3 Å². The van der Waals surface area contributed by atoms with Crippen LogP contribution < -0.4 is 10.6 Å². The number of thiol groups is 1. The molecule has 10 heteroatoms. The molecular weight excluding hydrogens is 488 g/mol. The van der Waals surface area contributed by atoms with Crippen LogP contribution in [0.4, 0.5) is 4.79 Å². The van der Waals surface area contributed by atoms with E-state index in [4.69, 9.17) is 0 Å². The highest BCUT2D eigenvalue weighted by Crippen LogP contribution is 2.23. The third-order valence-corrected chi connectivity index (χ3v) is 6.85. The number of hydrogen-bond donors (Lipinski definition) is 3. The predicted molar refractivity (Wildman–Crippen MR) is 145 cm³/mol. The summed E-state index contributed by atoms with van der Waals surface area (Å²) in [5.74, 6) is 0.585. The molecule has 0 saturated heterocycles. The molecule has 0 radical (unpaired) electrons. The summed E-state index contributed by atoms with van der Waals surface area (Å²) >= 11 is 4.06. The summed E-state index contributed by atoms with van der Waals surface area (Å²) in [4.78, 5) is 42.6. The number of unbranched alkanes of at least 4 members (excludes halogenated alkanes) is 1. The van der Waals surface area contributed by atoms with Crippen molar-refractivity contribution >= 4 is 36.2 Å². The Hall–Kier alpha value is -3.40. The van der Waals surface area contributed by atoms with Gasteiger partial charge in [0.2, 0.25) is 11.8 Å². The fourth-order valence-corrected chi connectivity index (χ4v) is 4.72. The van der Waals surface area contributed by atoms with Gasteiger partial charge in [-0.05, 0) is 46.9 Å². The van der Waals surface area contributed by atoms with E-state index in [1.807, 2.05) is 43.5 Å². The first-order valence-electron chi connectivity index (χ1n) is 12.7. The zero-order valence-corrected chi connectivity index (χ0v) is 22.0. The fourth-order valence-electron chi connectivity index (χ4n) is 4.52. The van der Waals surface area contributed by atoms with Crippen LogP contribution in [0.25, 0.3) is 0 Å². The molecule has 2 N–H and O–H groups in total. The van der Waals surface area contributed by atoms with E-state index < -0.39 is 0 Å². The molecule has 0 fully saturated rings. The maximum atomic E-state index is 12.6. The van der Waals surface area contributed by atoms with Gasteiger partial charge in [-0.15, -0.1) is 0 Å². The molecule has 2 aromatic rings. The number of benzene rings is 1. The van der Waals surface area contributed by atoms with Crippen LogP contribution in [0.3, 0.4) is 0 Å². The Bertz CT molecular complexity index is 1130. The number of carbonyl (C=O) groups is 3. The maximum absolute atomic E-state index is 12.6. The zero-order chi connectivity index (χ0) is 26.2. The van der Waals surface area contributed by atoms with E-state index >= 15 is 0 Å². The molecule has 0 aliphatic carbocycles. The monoisotopic (exact) mass is 522 g/mol. The number of carbonyl (C=O) groups excluding carboxylic acids is 3.